The zero-order chi connectivity index (χ0) is 17.9. The summed E-state index contributed by atoms with van der Waals surface area (Å²) in [6.07, 6.45) is 2.66. The number of pyridine rings is 1. The molecule has 0 radical (unpaired) electrons. The Bertz CT molecular complexity index is 628. The van der Waals surface area contributed by atoms with Crippen molar-refractivity contribution in [3.05, 3.63) is 16.7 Å². The van der Waals surface area contributed by atoms with E-state index in [-0.39, 0.29) is 18.0 Å². The lowest BCUT2D eigenvalue weighted by atomic mass is 10.1. The normalized spacial score (nSPS) is 17.6. The van der Waals surface area contributed by atoms with Gasteiger partial charge in [-0.15, -0.1) is 0 Å². The predicted molar refractivity (Wildman–Crippen MR) is 96.7 cm³/mol. The van der Waals surface area contributed by atoms with Gasteiger partial charge in [-0.05, 0) is 55.6 Å². The topological polar surface area (TPSA) is 97.5 Å². The highest BCUT2D eigenvalue weighted by atomic mass is 79.9. The van der Waals surface area contributed by atoms with E-state index in [9.17, 15) is 9.00 Å². The van der Waals surface area contributed by atoms with Gasteiger partial charge in [-0.25, -0.2) is 18.7 Å². The molecule has 2 heterocycles. The van der Waals surface area contributed by atoms with Crippen LogP contribution in [0.15, 0.2) is 21.6 Å². The number of rotatable bonds is 3. The van der Waals surface area contributed by atoms with Crippen molar-refractivity contribution in [2.75, 3.05) is 18.8 Å². The van der Waals surface area contributed by atoms with Gasteiger partial charge in [-0.1, -0.05) is 0 Å². The molecule has 7 nitrogen and oxygen atoms in total. The van der Waals surface area contributed by atoms with E-state index in [2.05, 4.69) is 25.6 Å². The molecule has 0 saturated carbocycles. The van der Waals surface area contributed by atoms with E-state index in [0.717, 1.165) is 4.47 Å². The molecule has 1 amide bonds. The Balaban J connectivity index is 1.88. The summed E-state index contributed by atoms with van der Waals surface area (Å²) in [7, 11) is -1.44. The van der Waals surface area contributed by atoms with Crippen molar-refractivity contribution in [2.24, 2.45) is 0 Å². The summed E-state index contributed by atoms with van der Waals surface area (Å²) >= 11 is 3.30. The number of hydrogen-bond acceptors (Lipinski definition) is 5. The third-order valence-electron chi connectivity index (χ3n) is 3.47. The lowest BCUT2D eigenvalue weighted by Gasteiger charge is -2.33. The van der Waals surface area contributed by atoms with Gasteiger partial charge in [-0.2, -0.15) is 0 Å². The van der Waals surface area contributed by atoms with Gasteiger partial charge in [-0.3, -0.25) is 0 Å². The van der Waals surface area contributed by atoms with Gasteiger partial charge in [0.25, 0.3) is 0 Å². The van der Waals surface area contributed by atoms with Crippen LogP contribution in [0.25, 0.3) is 0 Å². The molecule has 2 rings (SSSR count). The number of carbonyl (C=O) groups excluding carboxylic acids is 1. The van der Waals surface area contributed by atoms with Gasteiger partial charge in [0.15, 0.2) is 0 Å². The van der Waals surface area contributed by atoms with Crippen LogP contribution < -0.4 is 10.5 Å². The molecule has 3 N–H and O–H groups in total. The van der Waals surface area contributed by atoms with Crippen LogP contribution in [0.5, 0.6) is 0 Å². The zero-order valence-electron chi connectivity index (χ0n) is 14.0. The highest BCUT2D eigenvalue weighted by Gasteiger charge is 2.27. The molecule has 1 unspecified atom stereocenters. The van der Waals surface area contributed by atoms with E-state index < -0.39 is 16.6 Å². The maximum atomic E-state index is 12.4. The fraction of sp³-hybridized carbons (Fsp3) is 0.600. The molecule has 1 saturated heterocycles. The highest BCUT2D eigenvalue weighted by molar-refractivity contribution is 9.10. The first kappa shape index (κ1) is 19.1. The van der Waals surface area contributed by atoms with Crippen molar-refractivity contribution in [2.45, 2.75) is 50.2 Å². The van der Waals surface area contributed by atoms with Crippen molar-refractivity contribution >= 4 is 38.8 Å². The second-order valence-electron chi connectivity index (χ2n) is 6.67. The van der Waals surface area contributed by atoms with Gasteiger partial charge in [0.2, 0.25) is 0 Å². The molecule has 1 atom stereocenters. The SMILES string of the molecule is CC(C)(C)OC(=O)N1CCC(NS(=O)c2cc(Br)cnc2N)CC1. The minimum atomic E-state index is -1.44. The Morgan fingerprint density at radius 2 is 2.08 bits per heavy atom. The van der Waals surface area contributed by atoms with Crippen molar-refractivity contribution in [1.29, 1.82) is 0 Å². The maximum Gasteiger partial charge on any atom is 0.410 e. The lowest BCUT2D eigenvalue weighted by Crippen LogP contribution is -2.46. The van der Waals surface area contributed by atoms with Crippen LogP contribution in [0.2, 0.25) is 0 Å². The average molecular weight is 419 g/mol. The van der Waals surface area contributed by atoms with Crippen LogP contribution in [-0.4, -0.2) is 44.9 Å². The molecule has 1 aliphatic heterocycles. The Morgan fingerprint density at radius 3 is 2.67 bits per heavy atom. The zero-order valence-corrected chi connectivity index (χ0v) is 16.4. The van der Waals surface area contributed by atoms with Crippen LogP contribution in [0.1, 0.15) is 33.6 Å². The second kappa shape index (κ2) is 7.79. The first-order valence-electron chi connectivity index (χ1n) is 7.72. The summed E-state index contributed by atoms with van der Waals surface area (Å²) in [5.41, 5.74) is 5.28. The Kier molecular flexibility index (Phi) is 6.22. The molecule has 0 bridgehead atoms. The fourth-order valence-corrected chi connectivity index (χ4v) is 3.93. The fourth-order valence-electron chi connectivity index (χ4n) is 2.30. The van der Waals surface area contributed by atoms with Crippen molar-refractivity contribution < 1.29 is 13.7 Å². The van der Waals surface area contributed by atoms with Gasteiger partial charge in [0, 0.05) is 29.8 Å². The molecule has 0 aromatic carbocycles. The molecule has 1 aliphatic rings. The summed E-state index contributed by atoms with van der Waals surface area (Å²) in [5.74, 6) is 0.246. The molecule has 1 aromatic heterocycles. The molecule has 0 spiro atoms. The number of nitrogens with two attached hydrogens (primary N) is 1. The van der Waals surface area contributed by atoms with E-state index in [1.807, 2.05) is 20.8 Å². The van der Waals surface area contributed by atoms with E-state index in [1.165, 1.54) is 0 Å². The van der Waals surface area contributed by atoms with E-state index in [4.69, 9.17) is 10.5 Å². The second-order valence-corrected chi connectivity index (χ2v) is 8.79. The maximum absolute atomic E-state index is 12.4. The standard InChI is InChI=1S/C15H23BrN4O3S/c1-15(2,3)23-14(21)20-6-4-11(5-7-20)19-24(22)12-8-10(16)9-18-13(12)17/h8-9,11,19H,4-7H2,1-3H3,(H2,17,18). The number of nitrogen functional groups attached to an aromatic ring is 1. The third kappa shape index (κ3) is 5.42. The summed E-state index contributed by atoms with van der Waals surface area (Å²) in [4.78, 5) is 18.2. The predicted octanol–water partition coefficient (Wildman–Crippen LogP) is 2.44. The van der Waals surface area contributed by atoms with Crippen LogP contribution >= 0.6 is 15.9 Å². The summed E-state index contributed by atoms with van der Waals surface area (Å²) in [6.45, 7) is 6.67. The van der Waals surface area contributed by atoms with Gasteiger partial charge < -0.3 is 15.4 Å². The van der Waals surface area contributed by atoms with Gasteiger partial charge in [0.1, 0.15) is 22.4 Å². The largest absolute Gasteiger partial charge is 0.444 e. The minimum Gasteiger partial charge on any atom is -0.444 e. The number of piperidine rings is 1. The Morgan fingerprint density at radius 1 is 1.46 bits per heavy atom. The van der Waals surface area contributed by atoms with E-state index in [0.29, 0.717) is 30.8 Å². The number of amides is 1. The average Bonchev–Trinajstić information content (AvgIpc) is 2.48. The van der Waals surface area contributed by atoms with Crippen molar-refractivity contribution in [3.63, 3.8) is 0 Å². The van der Waals surface area contributed by atoms with Gasteiger partial charge >= 0.3 is 6.09 Å². The third-order valence-corrected chi connectivity index (χ3v) is 5.18. The van der Waals surface area contributed by atoms with Crippen molar-refractivity contribution in [1.82, 2.24) is 14.6 Å². The Hall–Kier alpha value is -1.19. The minimum absolute atomic E-state index is 0.0444. The van der Waals surface area contributed by atoms with Crippen LogP contribution in [0.3, 0.4) is 0 Å². The number of ether oxygens (including phenoxy) is 1. The molecule has 1 fully saturated rings. The number of aromatic nitrogens is 1. The summed E-state index contributed by atoms with van der Waals surface area (Å²) < 4.78 is 21.6. The highest BCUT2D eigenvalue weighted by Crippen LogP contribution is 2.20. The summed E-state index contributed by atoms with van der Waals surface area (Å²) in [5, 5.41) is 0. The van der Waals surface area contributed by atoms with E-state index >= 15 is 0 Å². The molecule has 0 aliphatic carbocycles. The first-order chi connectivity index (χ1) is 11.2. The molecule has 9 heteroatoms. The van der Waals surface area contributed by atoms with E-state index in [1.54, 1.807) is 17.2 Å². The molecule has 134 valence electrons. The quantitative estimate of drug-likeness (QED) is 0.785. The van der Waals surface area contributed by atoms with Crippen LogP contribution in [0, 0.1) is 0 Å². The lowest BCUT2D eigenvalue weighted by molar-refractivity contribution is 0.0204. The number of likely N-dealkylation sites (tertiary alicyclic amines) is 1. The monoisotopic (exact) mass is 418 g/mol. The molecular formula is C15H23BrN4O3S. The molecule has 24 heavy (non-hydrogen) atoms. The Labute approximate surface area is 153 Å². The first-order valence-corrected chi connectivity index (χ1v) is 9.67. The number of nitrogens with one attached hydrogen (secondary N) is 1. The number of halogens is 1. The van der Waals surface area contributed by atoms with Crippen molar-refractivity contribution in [3.8, 4) is 0 Å². The molecular weight excluding hydrogens is 396 g/mol. The number of nitrogens with zero attached hydrogens (tertiary/aromatic N) is 2. The number of anilines is 1. The van der Waals surface area contributed by atoms with Gasteiger partial charge in [0.05, 0.1) is 4.90 Å². The summed E-state index contributed by atoms with van der Waals surface area (Å²) in [6, 6.07) is 1.74. The smallest absolute Gasteiger partial charge is 0.410 e. The number of hydrogen-bond donors (Lipinski definition) is 2. The van der Waals surface area contributed by atoms with Crippen LogP contribution in [0.4, 0.5) is 10.6 Å². The number of carbonyl (C=O) groups is 1. The van der Waals surface area contributed by atoms with Crippen LogP contribution in [-0.2, 0) is 15.7 Å². The molecule has 1 aromatic rings.